The Bertz CT molecular complexity index is 1340. The minimum Gasteiger partial charge on any atom is -0.459 e. The molecule has 12 atom stereocenters. The fourth-order valence-corrected chi connectivity index (χ4v) is 7.50. The Balaban J connectivity index is 2.17. The van der Waals surface area contributed by atoms with Gasteiger partial charge in [0.15, 0.2) is 30.0 Å². The first-order valence-corrected chi connectivity index (χ1v) is 14.7. The molecule has 1 spiro atoms. The Kier molecular flexibility index (Phi) is 9.19. The van der Waals surface area contributed by atoms with Crippen LogP contribution in [0.15, 0.2) is 24.3 Å². The van der Waals surface area contributed by atoms with Crippen molar-refractivity contribution in [1.82, 2.24) is 0 Å². The van der Waals surface area contributed by atoms with E-state index in [0.29, 0.717) is 0 Å². The summed E-state index contributed by atoms with van der Waals surface area (Å²) in [5.74, 6) is -7.91. The lowest BCUT2D eigenvalue weighted by Gasteiger charge is -2.59. The molecule has 2 aliphatic heterocycles. The van der Waals surface area contributed by atoms with Crippen molar-refractivity contribution in [2.45, 2.75) is 102 Å². The third-order valence-electron chi connectivity index (χ3n) is 9.06. The summed E-state index contributed by atoms with van der Waals surface area (Å²) >= 11 is 6.75. The van der Waals surface area contributed by atoms with Crippen LogP contribution in [0.1, 0.15) is 48.5 Å². The minimum absolute atomic E-state index is 0.120. The van der Waals surface area contributed by atoms with Crippen molar-refractivity contribution >= 4 is 47.4 Å². The number of rotatable bonds is 5. The molecule has 4 aliphatic rings. The summed E-state index contributed by atoms with van der Waals surface area (Å²) in [6.07, 6.45) is -6.63. The fraction of sp³-hybridized carbons (Fsp3) is 0.667. The SMILES string of the molecule is C=C1/C=C/[C@H](OC(C)=O)[C@@]2(C)[C@@H](OC(C)=O)C(OC(C)=O)[C@@H](OC(C)=O)[C@]3(CO3)[C@@H]2C(OC(C)=O)[C@]2(O)[C@@H](C)C(=O)O[C@H]2C1Cl. The highest BCUT2D eigenvalue weighted by atomic mass is 35.5. The largest absolute Gasteiger partial charge is 0.459 e. The van der Waals surface area contributed by atoms with E-state index in [1.54, 1.807) is 0 Å². The number of hydrogen-bond acceptors (Lipinski definition) is 14. The Morgan fingerprint density at radius 1 is 0.889 bits per heavy atom. The van der Waals surface area contributed by atoms with Gasteiger partial charge in [-0.15, -0.1) is 11.6 Å². The molecule has 0 aromatic rings. The Labute approximate surface area is 264 Å². The monoisotopic (exact) mass is 656 g/mol. The van der Waals surface area contributed by atoms with E-state index in [2.05, 4.69) is 6.58 Å². The zero-order valence-electron chi connectivity index (χ0n) is 25.9. The second-order valence-corrected chi connectivity index (χ2v) is 12.6. The predicted octanol–water partition coefficient (Wildman–Crippen LogP) is 1.08. The van der Waals surface area contributed by atoms with Crippen LogP contribution in [0, 0.1) is 17.3 Å². The summed E-state index contributed by atoms with van der Waals surface area (Å²) in [5, 5.41) is 11.4. The van der Waals surface area contributed by atoms with Gasteiger partial charge in [-0.25, -0.2) is 0 Å². The molecule has 1 N–H and O–H groups in total. The summed E-state index contributed by atoms with van der Waals surface area (Å²) in [7, 11) is 0. The van der Waals surface area contributed by atoms with Gasteiger partial charge in [0.25, 0.3) is 0 Å². The number of epoxide rings is 1. The summed E-state index contributed by atoms with van der Waals surface area (Å²) < 4.78 is 40.5. The van der Waals surface area contributed by atoms with Crippen LogP contribution in [0.2, 0.25) is 0 Å². The first-order chi connectivity index (χ1) is 20.8. The quantitative estimate of drug-likeness (QED) is 0.191. The van der Waals surface area contributed by atoms with E-state index in [1.807, 2.05) is 0 Å². The molecule has 14 nitrogen and oxygen atoms in total. The number of carbonyl (C=O) groups is 6. The molecule has 3 unspecified atom stereocenters. The maximum atomic E-state index is 13.1. The van der Waals surface area contributed by atoms with Crippen molar-refractivity contribution in [3.8, 4) is 0 Å². The number of hydrogen-bond donors (Lipinski definition) is 1. The third-order valence-corrected chi connectivity index (χ3v) is 9.57. The van der Waals surface area contributed by atoms with Gasteiger partial charge < -0.3 is 38.3 Å². The van der Waals surface area contributed by atoms with Crippen molar-refractivity contribution in [3.63, 3.8) is 0 Å². The molecule has 0 aromatic carbocycles. The van der Waals surface area contributed by atoms with Crippen LogP contribution in [-0.4, -0.2) is 101 Å². The standard InChI is InChI=1S/C30H37ClO14/c1-12-9-10-19(40-14(3)32)28(8)22(26(44-18(7)36)30(38)13(2)27(37)45-23(30)20(12)31)29(11-39-29)25(43-17(6)35)21(41-15(4)33)24(28)42-16(5)34/h9-10,13,19-26,38H,1,11H2,2-8H3/b10-9+/t13-,19-,20?,21?,22+,23-,24-,25+,26?,28+,29-,30-/m0/s1. The molecule has 2 heterocycles. The van der Waals surface area contributed by atoms with Crippen molar-refractivity contribution < 1.29 is 67.0 Å². The van der Waals surface area contributed by atoms with Gasteiger partial charge >= 0.3 is 35.8 Å². The number of halogens is 1. The maximum Gasteiger partial charge on any atom is 0.312 e. The van der Waals surface area contributed by atoms with E-state index in [9.17, 15) is 33.9 Å². The molecule has 3 fully saturated rings. The number of ether oxygens (including phenoxy) is 7. The van der Waals surface area contributed by atoms with Gasteiger partial charge in [-0.2, -0.15) is 0 Å². The van der Waals surface area contributed by atoms with E-state index < -0.39 is 106 Å². The van der Waals surface area contributed by atoms with Crippen LogP contribution in [0.3, 0.4) is 0 Å². The van der Waals surface area contributed by atoms with Crippen LogP contribution in [0.5, 0.6) is 0 Å². The van der Waals surface area contributed by atoms with Crippen molar-refractivity contribution in [2.75, 3.05) is 6.61 Å². The molecule has 2 aliphatic carbocycles. The van der Waals surface area contributed by atoms with E-state index >= 15 is 0 Å². The number of alkyl halides is 1. The topological polar surface area (TPSA) is 191 Å². The van der Waals surface area contributed by atoms with Gasteiger partial charge in [-0.3, -0.25) is 28.8 Å². The second kappa shape index (κ2) is 12.0. The molecule has 0 aromatic heterocycles. The van der Waals surface area contributed by atoms with Crippen LogP contribution in [0.4, 0.5) is 0 Å². The molecular formula is C30H37ClO14. The van der Waals surface area contributed by atoms with Crippen molar-refractivity contribution in [1.29, 1.82) is 0 Å². The maximum absolute atomic E-state index is 13.1. The third kappa shape index (κ3) is 5.72. The van der Waals surface area contributed by atoms with Gasteiger partial charge in [0.05, 0.1) is 23.3 Å². The summed E-state index contributed by atoms with van der Waals surface area (Å²) in [5.41, 5.74) is -5.85. The highest BCUT2D eigenvalue weighted by molar-refractivity contribution is 6.23. The molecule has 2 saturated heterocycles. The Hall–Kier alpha value is -3.49. The van der Waals surface area contributed by atoms with Crippen molar-refractivity contribution in [2.24, 2.45) is 17.3 Å². The number of aliphatic hydroxyl groups is 1. The fourth-order valence-electron chi connectivity index (χ4n) is 7.17. The minimum atomic E-state index is -2.41. The zero-order chi connectivity index (χ0) is 33.8. The Morgan fingerprint density at radius 2 is 1.38 bits per heavy atom. The molecule has 0 bridgehead atoms. The average Bonchev–Trinajstić information content (AvgIpc) is 3.67. The molecule has 4 rings (SSSR count). The lowest BCUT2D eigenvalue weighted by Crippen LogP contribution is -2.76. The highest BCUT2D eigenvalue weighted by Gasteiger charge is 2.81. The first kappa shape index (κ1) is 34.4. The smallest absolute Gasteiger partial charge is 0.312 e. The second-order valence-electron chi connectivity index (χ2n) is 12.1. The van der Waals surface area contributed by atoms with E-state index in [1.165, 1.54) is 26.0 Å². The lowest BCUT2D eigenvalue weighted by atomic mass is 9.51. The van der Waals surface area contributed by atoms with Gasteiger partial charge in [-0.1, -0.05) is 19.6 Å². The molecule has 15 heteroatoms. The number of esters is 6. The van der Waals surface area contributed by atoms with E-state index in [0.717, 1.165) is 34.6 Å². The van der Waals surface area contributed by atoms with Gasteiger partial charge in [-0.05, 0) is 18.6 Å². The normalized spacial score (nSPS) is 42.6. The van der Waals surface area contributed by atoms with Gasteiger partial charge in [0.2, 0.25) is 0 Å². The zero-order valence-corrected chi connectivity index (χ0v) is 26.7. The lowest BCUT2D eigenvalue weighted by molar-refractivity contribution is -0.280. The summed E-state index contributed by atoms with van der Waals surface area (Å²) in [4.78, 5) is 76.3. The first-order valence-electron chi connectivity index (χ1n) is 14.3. The summed E-state index contributed by atoms with van der Waals surface area (Å²) in [6, 6.07) is 0. The van der Waals surface area contributed by atoms with Gasteiger partial charge in [0, 0.05) is 40.5 Å². The predicted molar refractivity (Wildman–Crippen MR) is 150 cm³/mol. The Morgan fingerprint density at radius 3 is 1.87 bits per heavy atom. The van der Waals surface area contributed by atoms with Crippen LogP contribution in [0.25, 0.3) is 0 Å². The van der Waals surface area contributed by atoms with Gasteiger partial charge in [0.1, 0.15) is 17.8 Å². The summed E-state index contributed by atoms with van der Waals surface area (Å²) in [6.45, 7) is 12.0. The van der Waals surface area contributed by atoms with Crippen LogP contribution >= 0.6 is 11.6 Å². The average molecular weight is 657 g/mol. The number of carbonyl (C=O) groups excluding carboxylic acids is 6. The molecule has 0 radical (unpaired) electrons. The van der Waals surface area contributed by atoms with E-state index in [4.69, 9.17) is 44.8 Å². The molecular weight excluding hydrogens is 620 g/mol. The molecule has 0 amide bonds. The van der Waals surface area contributed by atoms with Crippen LogP contribution < -0.4 is 0 Å². The number of fused-ring (bicyclic) bond motifs is 3. The highest BCUT2D eigenvalue weighted by Crippen LogP contribution is 2.63. The van der Waals surface area contributed by atoms with Crippen LogP contribution in [-0.2, 0) is 61.9 Å². The van der Waals surface area contributed by atoms with E-state index in [-0.39, 0.29) is 12.2 Å². The molecule has 45 heavy (non-hydrogen) atoms. The number of allylic oxidation sites excluding steroid dienone is 1. The van der Waals surface area contributed by atoms with Crippen molar-refractivity contribution in [3.05, 3.63) is 24.3 Å². The molecule has 248 valence electrons. The molecule has 1 saturated carbocycles.